The topological polar surface area (TPSA) is 85.4 Å². The van der Waals surface area contributed by atoms with Gasteiger partial charge in [-0.2, -0.15) is 16.5 Å². The van der Waals surface area contributed by atoms with Crippen molar-refractivity contribution in [1.29, 1.82) is 0 Å². The maximum atomic E-state index is 12.6. The molecule has 3 aromatic rings. The van der Waals surface area contributed by atoms with Crippen molar-refractivity contribution in [2.45, 2.75) is 24.0 Å². The molecule has 0 saturated carbocycles. The standard InChI is InChI=1S/C19H20N2O4S3/c1-26-12-11-16(21-28(23,24)14-7-3-2-4-8-14)19(22)25-13-18-20-15-9-5-6-10-17(15)27-18/h2-10,16,21H,11-13H2,1H3/t16-/m1/s1. The number of para-hydroxylation sites is 1. The van der Waals surface area contributed by atoms with Gasteiger partial charge in [0.05, 0.1) is 15.1 Å². The predicted octanol–water partition coefficient (Wildman–Crippen LogP) is 3.44. The molecular weight excluding hydrogens is 416 g/mol. The van der Waals surface area contributed by atoms with Crippen LogP contribution in [0.1, 0.15) is 11.4 Å². The molecule has 6 nitrogen and oxygen atoms in total. The first kappa shape index (κ1) is 20.8. The minimum absolute atomic E-state index is 0.0149. The minimum atomic E-state index is -3.81. The molecule has 148 valence electrons. The summed E-state index contributed by atoms with van der Waals surface area (Å²) in [6.07, 6.45) is 2.24. The van der Waals surface area contributed by atoms with E-state index in [9.17, 15) is 13.2 Å². The van der Waals surface area contributed by atoms with Gasteiger partial charge in [-0.1, -0.05) is 30.3 Å². The molecule has 0 aliphatic heterocycles. The van der Waals surface area contributed by atoms with Crippen molar-refractivity contribution >= 4 is 49.3 Å². The molecule has 1 aromatic heterocycles. The second-order valence-electron chi connectivity index (χ2n) is 5.95. The maximum Gasteiger partial charge on any atom is 0.324 e. The molecule has 0 bridgehead atoms. The van der Waals surface area contributed by atoms with E-state index in [-0.39, 0.29) is 11.5 Å². The smallest absolute Gasteiger partial charge is 0.324 e. The van der Waals surface area contributed by atoms with Gasteiger partial charge in [0, 0.05) is 0 Å². The van der Waals surface area contributed by atoms with Crippen LogP contribution in [0.4, 0.5) is 0 Å². The molecule has 0 fully saturated rings. The van der Waals surface area contributed by atoms with Crippen molar-refractivity contribution in [3.8, 4) is 0 Å². The number of thiazole rings is 1. The lowest BCUT2D eigenvalue weighted by atomic mass is 10.2. The SMILES string of the molecule is CSCC[C@@H](NS(=O)(=O)c1ccccc1)C(=O)OCc1nc2ccccc2s1. The van der Waals surface area contributed by atoms with E-state index in [0.717, 1.165) is 10.2 Å². The Morgan fingerprint density at radius 3 is 2.61 bits per heavy atom. The summed E-state index contributed by atoms with van der Waals surface area (Å²) in [4.78, 5) is 17.1. The van der Waals surface area contributed by atoms with Gasteiger partial charge in [-0.25, -0.2) is 13.4 Å². The van der Waals surface area contributed by atoms with E-state index in [0.29, 0.717) is 17.2 Å². The number of carbonyl (C=O) groups is 1. The van der Waals surface area contributed by atoms with Gasteiger partial charge in [-0.05, 0) is 42.7 Å². The van der Waals surface area contributed by atoms with Crippen molar-refractivity contribution in [2.75, 3.05) is 12.0 Å². The number of benzene rings is 2. The molecule has 0 aliphatic carbocycles. The Labute approximate surface area is 172 Å². The Morgan fingerprint density at radius 2 is 1.89 bits per heavy atom. The third kappa shape index (κ3) is 5.32. The summed E-state index contributed by atoms with van der Waals surface area (Å²) >= 11 is 2.98. The molecule has 9 heteroatoms. The third-order valence-corrected chi connectivity index (χ3v) is 7.06. The number of fused-ring (bicyclic) bond motifs is 1. The number of ether oxygens (including phenoxy) is 1. The second kappa shape index (κ2) is 9.51. The number of hydrogen-bond donors (Lipinski definition) is 1. The van der Waals surface area contributed by atoms with E-state index in [2.05, 4.69) is 9.71 Å². The summed E-state index contributed by atoms with van der Waals surface area (Å²) in [7, 11) is -3.81. The molecule has 1 N–H and O–H groups in total. The van der Waals surface area contributed by atoms with Gasteiger partial charge in [0.1, 0.15) is 17.7 Å². The lowest BCUT2D eigenvalue weighted by Gasteiger charge is -2.17. The Balaban J connectivity index is 1.68. The lowest BCUT2D eigenvalue weighted by molar-refractivity contribution is -0.147. The highest BCUT2D eigenvalue weighted by molar-refractivity contribution is 7.98. The van der Waals surface area contributed by atoms with Crippen molar-refractivity contribution in [3.05, 3.63) is 59.6 Å². The summed E-state index contributed by atoms with van der Waals surface area (Å²) < 4.78 is 34.0. The molecule has 1 atom stereocenters. The molecule has 0 radical (unpaired) electrons. The van der Waals surface area contributed by atoms with Crippen LogP contribution in [0.2, 0.25) is 0 Å². The van der Waals surface area contributed by atoms with Crippen LogP contribution in [0.3, 0.4) is 0 Å². The quantitative estimate of drug-likeness (QED) is 0.517. The summed E-state index contributed by atoms with van der Waals surface area (Å²) in [5.74, 6) is 0.0194. The van der Waals surface area contributed by atoms with Gasteiger partial charge >= 0.3 is 5.97 Å². The fourth-order valence-corrected chi connectivity index (χ4v) is 5.12. The van der Waals surface area contributed by atoms with Crippen molar-refractivity contribution in [1.82, 2.24) is 9.71 Å². The van der Waals surface area contributed by atoms with Crippen LogP contribution >= 0.6 is 23.1 Å². The highest BCUT2D eigenvalue weighted by Gasteiger charge is 2.27. The second-order valence-corrected chi connectivity index (χ2v) is 9.77. The first-order valence-electron chi connectivity index (χ1n) is 8.57. The highest BCUT2D eigenvalue weighted by Crippen LogP contribution is 2.22. The van der Waals surface area contributed by atoms with E-state index in [1.54, 1.807) is 18.2 Å². The van der Waals surface area contributed by atoms with Crippen LogP contribution in [-0.2, 0) is 26.2 Å². The lowest BCUT2D eigenvalue weighted by Crippen LogP contribution is -2.42. The highest BCUT2D eigenvalue weighted by atomic mass is 32.2. The number of rotatable bonds is 9. The molecule has 28 heavy (non-hydrogen) atoms. The van der Waals surface area contributed by atoms with E-state index >= 15 is 0 Å². The largest absolute Gasteiger partial charge is 0.457 e. The number of hydrogen-bond acceptors (Lipinski definition) is 7. The first-order valence-corrected chi connectivity index (χ1v) is 12.3. The van der Waals surface area contributed by atoms with Crippen LogP contribution < -0.4 is 4.72 Å². The van der Waals surface area contributed by atoms with Gasteiger partial charge in [0.25, 0.3) is 0 Å². The Morgan fingerprint density at radius 1 is 1.18 bits per heavy atom. The van der Waals surface area contributed by atoms with Gasteiger partial charge in [0.2, 0.25) is 10.0 Å². The van der Waals surface area contributed by atoms with Crippen LogP contribution in [0, 0.1) is 0 Å². The summed E-state index contributed by atoms with van der Waals surface area (Å²) in [5.41, 5.74) is 0.849. The average molecular weight is 437 g/mol. The van der Waals surface area contributed by atoms with Gasteiger partial charge in [-0.3, -0.25) is 4.79 Å². The van der Waals surface area contributed by atoms with Crippen LogP contribution in [0.15, 0.2) is 59.5 Å². The average Bonchev–Trinajstić information content (AvgIpc) is 3.13. The third-order valence-electron chi connectivity index (χ3n) is 3.92. The van der Waals surface area contributed by atoms with E-state index < -0.39 is 22.0 Å². The Bertz CT molecular complexity index is 1000. The molecule has 0 saturated heterocycles. The number of carbonyl (C=O) groups excluding carboxylic acids is 1. The summed E-state index contributed by atoms with van der Waals surface area (Å²) in [6.45, 7) is 0.0149. The fraction of sp³-hybridized carbons (Fsp3) is 0.263. The molecule has 3 rings (SSSR count). The van der Waals surface area contributed by atoms with E-state index in [1.165, 1.54) is 35.2 Å². The van der Waals surface area contributed by atoms with Gasteiger partial charge in [-0.15, -0.1) is 11.3 Å². The van der Waals surface area contributed by atoms with Crippen LogP contribution in [0.5, 0.6) is 0 Å². The number of sulfonamides is 1. The monoisotopic (exact) mass is 436 g/mol. The van der Waals surface area contributed by atoms with Gasteiger partial charge < -0.3 is 4.74 Å². The zero-order chi connectivity index (χ0) is 20.0. The molecule has 0 spiro atoms. The number of esters is 1. The Hall–Kier alpha value is -1.94. The normalized spacial score (nSPS) is 12.8. The number of thioether (sulfide) groups is 1. The predicted molar refractivity (Wildman–Crippen MR) is 113 cm³/mol. The van der Waals surface area contributed by atoms with E-state index in [4.69, 9.17) is 4.74 Å². The molecule has 2 aromatic carbocycles. The van der Waals surface area contributed by atoms with Gasteiger partial charge in [0.15, 0.2) is 0 Å². The zero-order valence-corrected chi connectivity index (χ0v) is 17.6. The molecule has 0 amide bonds. The molecule has 0 aliphatic rings. The van der Waals surface area contributed by atoms with Crippen molar-refractivity contribution in [3.63, 3.8) is 0 Å². The van der Waals surface area contributed by atoms with Crippen LogP contribution in [-0.4, -0.2) is 37.4 Å². The van der Waals surface area contributed by atoms with Crippen LogP contribution in [0.25, 0.3) is 10.2 Å². The molecule has 0 unspecified atom stereocenters. The van der Waals surface area contributed by atoms with E-state index in [1.807, 2.05) is 30.5 Å². The Kier molecular flexibility index (Phi) is 7.06. The summed E-state index contributed by atoms with van der Waals surface area (Å²) in [5, 5.41) is 0.670. The molecular formula is C19H20N2O4S3. The number of nitrogens with zero attached hydrogens (tertiary/aromatic N) is 1. The summed E-state index contributed by atoms with van der Waals surface area (Å²) in [6, 6.07) is 14.7. The van der Waals surface area contributed by atoms with Crippen molar-refractivity contribution in [2.24, 2.45) is 0 Å². The fourth-order valence-electron chi connectivity index (χ4n) is 2.53. The zero-order valence-electron chi connectivity index (χ0n) is 15.2. The van der Waals surface area contributed by atoms with Crippen molar-refractivity contribution < 1.29 is 17.9 Å². The minimum Gasteiger partial charge on any atom is -0.457 e. The maximum absolute atomic E-state index is 12.6. The molecule has 1 heterocycles. The first-order chi connectivity index (χ1) is 13.5. The number of aromatic nitrogens is 1. The number of nitrogens with one attached hydrogen (secondary N) is 1.